The van der Waals surface area contributed by atoms with Crippen molar-refractivity contribution in [3.05, 3.63) is 58.6 Å². The molecular weight excluding hydrogens is 330 g/mol. The lowest BCUT2D eigenvalue weighted by atomic mass is 10.1. The molecule has 2 aromatic heterocycles. The Bertz CT molecular complexity index is 913. The lowest BCUT2D eigenvalue weighted by molar-refractivity contribution is -0.485. The molecule has 0 aliphatic rings. The predicted molar refractivity (Wildman–Crippen MR) is 86.2 cm³/mol. The van der Waals surface area contributed by atoms with Crippen molar-refractivity contribution in [2.24, 2.45) is 15.9 Å². The first-order valence-electron chi connectivity index (χ1n) is 6.83. The molecule has 0 radical (unpaired) electrons. The first-order chi connectivity index (χ1) is 12.1. The number of benzene rings is 1. The van der Waals surface area contributed by atoms with Crippen molar-refractivity contribution in [1.82, 2.24) is 25.6 Å². The summed E-state index contributed by atoms with van der Waals surface area (Å²) < 4.78 is 7.15. The van der Waals surface area contributed by atoms with Gasteiger partial charge in [-0.1, -0.05) is 0 Å². The molecule has 12 heteroatoms. The van der Waals surface area contributed by atoms with Crippen molar-refractivity contribution in [1.29, 1.82) is 0 Å². The van der Waals surface area contributed by atoms with Crippen LogP contribution in [0, 0.1) is 10.1 Å². The highest BCUT2D eigenvalue weighted by atomic mass is 16.7. The van der Waals surface area contributed by atoms with Gasteiger partial charge in [0.1, 0.15) is 22.9 Å². The highest BCUT2D eigenvalue weighted by Crippen LogP contribution is 2.22. The molecule has 0 amide bonds. The topological polar surface area (TPSA) is 163 Å². The smallest absolute Gasteiger partial charge is 0.286 e. The van der Waals surface area contributed by atoms with Gasteiger partial charge in [-0.05, 0) is 46.8 Å². The summed E-state index contributed by atoms with van der Waals surface area (Å²) in [6.07, 6.45) is 2.82. The Morgan fingerprint density at radius 2 is 2.12 bits per heavy atom. The Morgan fingerprint density at radius 1 is 1.32 bits per heavy atom. The van der Waals surface area contributed by atoms with E-state index < -0.39 is 11.0 Å². The zero-order valence-electron chi connectivity index (χ0n) is 12.6. The van der Waals surface area contributed by atoms with Crippen LogP contribution in [0.2, 0.25) is 0 Å². The zero-order valence-corrected chi connectivity index (χ0v) is 12.6. The van der Waals surface area contributed by atoms with E-state index in [2.05, 4.69) is 31.2 Å². The van der Waals surface area contributed by atoms with Crippen LogP contribution in [0.25, 0.3) is 17.0 Å². The number of nitrogens with two attached hydrogens (primary N) is 1. The number of nitro groups is 1. The third-order valence-corrected chi connectivity index (χ3v) is 2.95. The molecule has 0 saturated carbocycles. The number of rotatable bonds is 5. The number of nitrogens with one attached hydrogen (secondary N) is 1. The van der Waals surface area contributed by atoms with Gasteiger partial charge in [0.2, 0.25) is 0 Å². The first-order valence-corrected chi connectivity index (χ1v) is 6.83. The van der Waals surface area contributed by atoms with E-state index in [1.807, 2.05) is 24.3 Å². The van der Waals surface area contributed by atoms with Crippen LogP contribution >= 0.6 is 0 Å². The van der Waals surface area contributed by atoms with Crippen LogP contribution in [0.1, 0.15) is 5.76 Å². The Labute approximate surface area is 139 Å². The summed E-state index contributed by atoms with van der Waals surface area (Å²) in [4.78, 5) is 10.1. The average Bonchev–Trinajstić information content (AvgIpc) is 3.26. The molecule has 25 heavy (non-hydrogen) atoms. The maximum atomic E-state index is 10.1. The van der Waals surface area contributed by atoms with Gasteiger partial charge in [-0.25, -0.2) is 20.2 Å². The summed E-state index contributed by atoms with van der Waals surface area (Å²) in [6.45, 7) is 0. The quantitative estimate of drug-likeness (QED) is 0.290. The second kappa shape index (κ2) is 6.99. The molecule has 3 aromatic rings. The van der Waals surface area contributed by atoms with Crippen molar-refractivity contribution >= 4 is 12.2 Å². The van der Waals surface area contributed by atoms with Gasteiger partial charge in [0.15, 0.2) is 5.03 Å². The van der Waals surface area contributed by atoms with Gasteiger partial charge in [0, 0.05) is 5.56 Å². The van der Waals surface area contributed by atoms with E-state index in [-0.39, 0.29) is 0 Å². The van der Waals surface area contributed by atoms with E-state index in [9.17, 15) is 10.1 Å². The third kappa shape index (κ3) is 4.01. The molecule has 2 heterocycles. The third-order valence-electron chi connectivity index (χ3n) is 2.95. The molecule has 0 saturated heterocycles. The van der Waals surface area contributed by atoms with Crippen molar-refractivity contribution in [3.8, 4) is 17.0 Å². The summed E-state index contributed by atoms with van der Waals surface area (Å²) in [5, 5.41) is 26.7. The fourth-order valence-electron chi connectivity index (χ4n) is 1.91. The minimum absolute atomic E-state index is 0.431. The summed E-state index contributed by atoms with van der Waals surface area (Å²) in [7, 11) is 0. The average molecular weight is 341 g/mol. The number of furan rings is 1. The molecule has 0 atom stereocenters. The van der Waals surface area contributed by atoms with Crippen LogP contribution in [0.5, 0.6) is 0 Å². The lowest BCUT2D eigenvalue weighted by Gasteiger charge is -2.00. The second-order valence-corrected chi connectivity index (χ2v) is 4.60. The van der Waals surface area contributed by atoms with E-state index in [4.69, 9.17) is 10.2 Å². The van der Waals surface area contributed by atoms with Crippen molar-refractivity contribution in [2.45, 2.75) is 0 Å². The molecule has 1 aromatic carbocycles. The molecule has 0 aliphatic heterocycles. The Kier molecular flexibility index (Phi) is 4.42. The zero-order chi connectivity index (χ0) is 17.6. The number of hydrogen-bond donors (Lipinski definition) is 2. The van der Waals surface area contributed by atoms with E-state index in [1.54, 1.807) is 12.1 Å². The molecule has 0 bridgehead atoms. The molecule has 12 nitrogen and oxygen atoms in total. The van der Waals surface area contributed by atoms with Gasteiger partial charge in [0.05, 0.1) is 11.9 Å². The number of aromatic nitrogens is 4. The van der Waals surface area contributed by atoms with Crippen molar-refractivity contribution in [3.63, 3.8) is 0 Å². The number of hydrogen-bond acceptors (Lipinski definition) is 7. The highest BCUT2D eigenvalue weighted by molar-refractivity contribution is 5.81. The van der Waals surface area contributed by atoms with Crippen LogP contribution in [-0.2, 0) is 0 Å². The number of nitrogens with zero attached hydrogens (tertiary/aromatic N) is 7. The molecule has 0 fully saturated rings. The Hall–Kier alpha value is -4.09. The maximum absolute atomic E-state index is 10.1. The summed E-state index contributed by atoms with van der Waals surface area (Å²) in [6, 6.07) is 10.9. The minimum atomic E-state index is -0.929. The second-order valence-electron chi connectivity index (χ2n) is 4.60. The Morgan fingerprint density at radius 3 is 2.80 bits per heavy atom. The fraction of sp³-hybridized carbons (Fsp3) is 0. The summed E-state index contributed by atoms with van der Waals surface area (Å²) in [5.74, 6) is 0.615. The van der Waals surface area contributed by atoms with Gasteiger partial charge >= 0.3 is 0 Å². The van der Waals surface area contributed by atoms with Crippen LogP contribution in [0.4, 0.5) is 0 Å². The number of hydrazone groups is 2. The molecule has 0 spiro atoms. The van der Waals surface area contributed by atoms with Gasteiger partial charge in [0.25, 0.3) is 5.96 Å². The standard InChI is InChI=1S/C13H11N9O3/c14-13(18-22(23)24)17-15-7-11-5-6-12(25-11)9-1-3-10(4-2-9)21-8-16-19-20-21/h1-8H,(H3,14,17,18). The first kappa shape index (κ1) is 15.8. The van der Waals surface area contributed by atoms with Gasteiger partial charge in [-0.15, -0.1) is 5.10 Å². The SMILES string of the molecule is NC(=N[N+](=O)[O-])NN=Cc1ccc(-c2ccc(-n3cnnn3)cc2)o1. The fourth-order valence-corrected chi connectivity index (χ4v) is 1.91. The molecular formula is C13H11N9O3. The Balaban J connectivity index is 1.68. The molecule has 0 aliphatic carbocycles. The van der Waals surface area contributed by atoms with Crippen LogP contribution < -0.4 is 11.2 Å². The summed E-state index contributed by atoms with van der Waals surface area (Å²) in [5.41, 5.74) is 9.09. The molecule has 3 rings (SSSR count). The van der Waals surface area contributed by atoms with Gasteiger partial charge in [-0.3, -0.25) is 0 Å². The molecule has 0 unspecified atom stereocenters. The monoisotopic (exact) mass is 341 g/mol. The molecule has 3 N–H and O–H groups in total. The van der Waals surface area contributed by atoms with Crippen LogP contribution in [0.15, 0.2) is 57.3 Å². The van der Waals surface area contributed by atoms with E-state index in [0.29, 0.717) is 11.5 Å². The van der Waals surface area contributed by atoms with E-state index >= 15 is 0 Å². The predicted octanol–water partition coefficient (Wildman–Crippen LogP) is 0.352. The van der Waals surface area contributed by atoms with E-state index in [1.165, 1.54) is 17.2 Å². The number of guanidine groups is 1. The van der Waals surface area contributed by atoms with Crippen molar-refractivity contribution < 1.29 is 9.45 Å². The van der Waals surface area contributed by atoms with Crippen LogP contribution in [0.3, 0.4) is 0 Å². The van der Waals surface area contributed by atoms with Gasteiger partial charge < -0.3 is 10.2 Å². The molecule has 126 valence electrons. The van der Waals surface area contributed by atoms with Crippen molar-refractivity contribution in [2.75, 3.05) is 0 Å². The van der Waals surface area contributed by atoms with Crippen LogP contribution in [-0.4, -0.2) is 37.4 Å². The van der Waals surface area contributed by atoms with E-state index in [0.717, 1.165) is 11.3 Å². The number of tetrazole rings is 1. The largest absolute Gasteiger partial charge is 0.455 e. The normalized spacial score (nSPS) is 11.8. The minimum Gasteiger partial charge on any atom is -0.455 e. The maximum Gasteiger partial charge on any atom is 0.286 e. The lowest BCUT2D eigenvalue weighted by Crippen LogP contribution is -2.28. The highest BCUT2D eigenvalue weighted by Gasteiger charge is 2.05. The van der Waals surface area contributed by atoms with Gasteiger partial charge in [-0.2, -0.15) is 5.10 Å². The summed E-state index contributed by atoms with van der Waals surface area (Å²) >= 11 is 0.